The van der Waals surface area contributed by atoms with Gasteiger partial charge in [-0.2, -0.15) is 0 Å². The summed E-state index contributed by atoms with van der Waals surface area (Å²) in [5.41, 5.74) is 5.87. The Balaban J connectivity index is 2.08. The van der Waals surface area contributed by atoms with Gasteiger partial charge in [-0.3, -0.25) is 0 Å². The van der Waals surface area contributed by atoms with Gasteiger partial charge in [0.25, 0.3) is 0 Å². The van der Waals surface area contributed by atoms with Crippen molar-refractivity contribution in [2.75, 3.05) is 7.11 Å². The lowest BCUT2D eigenvalue weighted by molar-refractivity contribution is 0.220. The van der Waals surface area contributed by atoms with Gasteiger partial charge in [0.1, 0.15) is 6.10 Å². The standard InChI is InChI=1S/C23H22O2/c1-17-12-14-19(15-13-17)23(24)21-11-7-6-10-20(21)22(16-25-2)18-8-4-3-5-9-18/h3-16,23-24H,1-2H3/b22-16+. The fourth-order valence-corrected chi connectivity index (χ4v) is 2.93. The van der Waals surface area contributed by atoms with E-state index in [0.717, 1.165) is 27.8 Å². The molecule has 0 fully saturated rings. The predicted molar refractivity (Wildman–Crippen MR) is 102 cm³/mol. The van der Waals surface area contributed by atoms with Crippen molar-refractivity contribution in [3.8, 4) is 0 Å². The molecule has 0 amide bonds. The van der Waals surface area contributed by atoms with Crippen molar-refractivity contribution in [1.29, 1.82) is 0 Å². The summed E-state index contributed by atoms with van der Waals surface area (Å²) in [5.74, 6) is 0. The normalized spacial score (nSPS) is 12.7. The highest BCUT2D eigenvalue weighted by Gasteiger charge is 2.17. The number of aryl methyl sites for hydroxylation is 1. The van der Waals surface area contributed by atoms with Crippen molar-refractivity contribution in [1.82, 2.24) is 0 Å². The maximum Gasteiger partial charge on any atom is 0.105 e. The van der Waals surface area contributed by atoms with Gasteiger partial charge in [-0.15, -0.1) is 0 Å². The second kappa shape index (κ2) is 7.82. The first-order valence-electron chi connectivity index (χ1n) is 8.33. The second-order valence-corrected chi connectivity index (χ2v) is 6.03. The second-order valence-electron chi connectivity index (χ2n) is 6.03. The molecule has 126 valence electrons. The highest BCUT2D eigenvalue weighted by molar-refractivity contribution is 5.81. The molecule has 2 heteroatoms. The molecular formula is C23H22O2. The van der Waals surface area contributed by atoms with E-state index in [-0.39, 0.29) is 0 Å². The van der Waals surface area contributed by atoms with Gasteiger partial charge in [0.2, 0.25) is 0 Å². The summed E-state index contributed by atoms with van der Waals surface area (Å²) in [7, 11) is 1.64. The van der Waals surface area contributed by atoms with Crippen LogP contribution in [0.25, 0.3) is 5.57 Å². The fourth-order valence-electron chi connectivity index (χ4n) is 2.93. The number of aliphatic hydroxyl groups excluding tert-OH is 1. The summed E-state index contributed by atoms with van der Waals surface area (Å²) >= 11 is 0. The minimum atomic E-state index is -0.694. The van der Waals surface area contributed by atoms with E-state index in [2.05, 4.69) is 0 Å². The molecule has 0 radical (unpaired) electrons. The highest BCUT2D eigenvalue weighted by atomic mass is 16.5. The number of benzene rings is 3. The molecule has 0 heterocycles. The van der Waals surface area contributed by atoms with E-state index < -0.39 is 6.10 Å². The minimum Gasteiger partial charge on any atom is -0.504 e. The van der Waals surface area contributed by atoms with Crippen molar-refractivity contribution in [2.24, 2.45) is 0 Å². The van der Waals surface area contributed by atoms with Crippen molar-refractivity contribution in [2.45, 2.75) is 13.0 Å². The zero-order valence-corrected chi connectivity index (χ0v) is 14.5. The van der Waals surface area contributed by atoms with Gasteiger partial charge in [0.15, 0.2) is 0 Å². The Hall–Kier alpha value is -2.84. The lowest BCUT2D eigenvalue weighted by Crippen LogP contribution is -2.04. The van der Waals surface area contributed by atoms with Gasteiger partial charge in [0.05, 0.1) is 13.4 Å². The SMILES string of the molecule is CO/C=C(\c1ccccc1)c1ccccc1C(O)c1ccc(C)cc1. The van der Waals surface area contributed by atoms with Crippen LogP contribution in [-0.4, -0.2) is 12.2 Å². The predicted octanol–water partition coefficient (Wildman–Crippen LogP) is 5.11. The molecule has 0 aliphatic heterocycles. The molecule has 2 nitrogen and oxygen atoms in total. The fraction of sp³-hybridized carbons (Fsp3) is 0.130. The quantitative estimate of drug-likeness (QED) is 0.659. The third-order valence-corrected chi connectivity index (χ3v) is 4.26. The van der Waals surface area contributed by atoms with Gasteiger partial charge in [0, 0.05) is 5.57 Å². The largest absolute Gasteiger partial charge is 0.504 e. The van der Waals surface area contributed by atoms with Gasteiger partial charge in [-0.1, -0.05) is 84.4 Å². The Bertz CT molecular complexity index is 849. The molecule has 3 aromatic carbocycles. The maximum atomic E-state index is 11.0. The Morgan fingerprint density at radius 2 is 1.52 bits per heavy atom. The van der Waals surface area contributed by atoms with Crippen LogP contribution in [0.5, 0.6) is 0 Å². The van der Waals surface area contributed by atoms with Gasteiger partial charge < -0.3 is 9.84 Å². The molecule has 0 aliphatic rings. The lowest BCUT2D eigenvalue weighted by Gasteiger charge is -2.18. The Morgan fingerprint density at radius 3 is 2.20 bits per heavy atom. The molecule has 1 N–H and O–H groups in total. The van der Waals surface area contributed by atoms with Crippen LogP contribution in [0, 0.1) is 6.92 Å². The van der Waals surface area contributed by atoms with Crippen molar-refractivity contribution < 1.29 is 9.84 Å². The third kappa shape index (κ3) is 3.81. The Kier molecular flexibility index (Phi) is 5.32. The van der Waals surface area contributed by atoms with Crippen LogP contribution in [-0.2, 0) is 4.74 Å². The zero-order chi connectivity index (χ0) is 17.6. The molecule has 0 saturated carbocycles. The summed E-state index contributed by atoms with van der Waals surface area (Å²) in [4.78, 5) is 0. The lowest BCUT2D eigenvalue weighted by atomic mass is 9.90. The third-order valence-electron chi connectivity index (χ3n) is 4.26. The van der Waals surface area contributed by atoms with Crippen LogP contribution in [0.1, 0.15) is 33.9 Å². The smallest absolute Gasteiger partial charge is 0.105 e. The highest BCUT2D eigenvalue weighted by Crippen LogP contribution is 2.32. The minimum absolute atomic E-state index is 0.694. The Labute approximate surface area is 149 Å². The number of aliphatic hydroxyl groups is 1. The molecule has 25 heavy (non-hydrogen) atoms. The Morgan fingerprint density at radius 1 is 0.880 bits per heavy atom. The number of hydrogen-bond acceptors (Lipinski definition) is 2. The van der Waals surface area contributed by atoms with E-state index in [4.69, 9.17) is 4.74 Å². The topological polar surface area (TPSA) is 29.5 Å². The van der Waals surface area contributed by atoms with Crippen molar-refractivity contribution in [3.63, 3.8) is 0 Å². The maximum absolute atomic E-state index is 11.0. The summed E-state index contributed by atoms with van der Waals surface area (Å²) in [6, 6.07) is 26.0. The van der Waals surface area contributed by atoms with E-state index in [1.807, 2.05) is 85.8 Å². The summed E-state index contributed by atoms with van der Waals surface area (Å²) in [6.45, 7) is 2.04. The van der Waals surface area contributed by atoms with E-state index in [1.165, 1.54) is 5.56 Å². The van der Waals surface area contributed by atoms with Crippen LogP contribution in [0.4, 0.5) is 0 Å². The molecule has 3 rings (SSSR count). The van der Waals surface area contributed by atoms with Gasteiger partial charge in [-0.05, 0) is 29.2 Å². The van der Waals surface area contributed by atoms with E-state index >= 15 is 0 Å². The number of ether oxygens (including phenoxy) is 1. The van der Waals surface area contributed by atoms with Crippen LogP contribution < -0.4 is 0 Å². The zero-order valence-electron chi connectivity index (χ0n) is 14.5. The molecule has 1 unspecified atom stereocenters. The van der Waals surface area contributed by atoms with E-state index in [1.54, 1.807) is 13.4 Å². The molecule has 1 atom stereocenters. The monoisotopic (exact) mass is 330 g/mol. The average Bonchev–Trinajstić information content (AvgIpc) is 2.67. The molecule has 0 saturated heterocycles. The molecule has 0 aromatic heterocycles. The summed E-state index contributed by atoms with van der Waals surface area (Å²) in [5, 5.41) is 11.0. The van der Waals surface area contributed by atoms with Crippen LogP contribution >= 0.6 is 0 Å². The van der Waals surface area contributed by atoms with Crippen LogP contribution in [0.15, 0.2) is 85.1 Å². The van der Waals surface area contributed by atoms with Crippen molar-refractivity contribution >= 4 is 5.57 Å². The molecule has 0 bridgehead atoms. The molecular weight excluding hydrogens is 308 g/mol. The van der Waals surface area contributed by atoms with Crippen LogP contribution in [0.3, 0.4) is 0 Å². The first-order valence-corrected chi connectivity index (χ1v) is 8.33. The van der Waals surface area contributed by atoms with Gasteiger partial charge >= 0.3 is 0 Å². The van der Waals surface area contributed by atoms with E-state index in [9.17, 15) is 5.11 Å². The summed E-state index contributed by atoms with van der Waals surface area (Å²) in [6.07, 6.45) is 1.04. The van der Waals surface area contributed by atoms with Gasteiger partial charge in [-0.25, -0.2) is 0 Å². The first kappa shape index (κ1) is 17.0. The first-order chi connectivity index (χ1) is 12.2. The van der Waals surface area contributed by atoms with Crippen molar-refractivity contribution in [3.05, 3.63) is 113 Å². The number of methoxy groups -OCH3 is 1. The molecule has 0 aliphatic carbocycles. The summed E-state index contributed by atoms with van der Waals surface area (Å²) < 4.78 is 5.33. The number of hydrogen-bond donors (Lipinski definition) is 1. The molecule has 0 spiro atoms. The number of rotatable bonds is 5. The van der Waals surface area contributed by atoms with E-state index in [0.29, 0.717) is 0 Å². The molecule has 3 aromatic rings. The average molecular weight is 330 g/mol. The van der Waals surface area contributed by atoms with Crippen LogP contribution in [0.2, 0.25) is 0 Å².